The van der Waals surface area contributed by atoms with Crippen molar-refractivity contribution in [2.24, 2.45) is 0 Å². The van der Waals surface area contributed by atoms with Crippen molar-refractivity contribution in [3.63, 3.8) is 0 Å². The number of anilines is 2. The van der Waals surface area contributed by atoms with E-state index in [1.807, 2.05) is 70.2 Å². The number of ether oxygens (including phenoxy) is 4. The minimum atomic E-state index is -3.63. The summed E-state index contributed by atoms with van der Waals surface area (Å²) in [5.41, 5.74) is 6.37. The second-order valence-corrected chi connectivity index (χ2v) is 16.4. The van der Waals surface area contributed by atoms with Crippen molar-refractivity contribution in [3.05, 3.63) is 107 Å². The summed E-state index contributed by atoms with van der Waals surface area (Å²) in [4.78, 5) is 36.1. The lowest BCUT2D eigenvalue weighted by Crippen LogP contribution is -2.18. The number of amides is 1. The van der Waals surface area contributed by atoms with Crippen LogP contribution in [0.5, 0.6) is 11.5 Å². The first kappa shape index (κ1) is 41.8. The molecule has 1 amide bonds. The van der Waals surface area contributed by atoms with Crippen LogP contribution in [0.2, 0.25) is 0 Å². The van der Waals surface area contributed by atoms with E-state index in [2.05, 4.69) is 15.0 Å². The van der Waals surface area contributed by atoms with Gasteiger partial charge < -0.3 is 24.3 Å². The van der Waals surface area contributed by atoms with Crippen LogP contribution in [0.1, 0.15) is 76.8 Å². The molecule has 0 fully saturated rings. The van der Waals surface area contributed by atoms with Crippen molar-refractivity contribution in [2.45, 2.75) is 52.4 Å². The normalized spacial score (nSPS) is 11.7. The van der Waals surface area contributed by atoms with Crippen LogP contribution in [0.4, 0.5) is 11.4 Å². The van der Waals surface area contributed by atoms with E-state index < -0.39 is 10.0 Å². The molecule has 2 N–H and O–H groups in total. The van der Waals surface area contributed by atoms with E-state index in [4.69, 9.17) is 23.9 Å². The van der Waals surface area contributed by atoms with Crippen molar-refractivity contribution in [3.8, 4) is 22.6 Å². The Morgan fingerprint density at radius 2 is 1.62 bits per heavy atom. The number of carbonyl (C=O) groups is 2. The summed E-state index contributed by atoms with van der Waals surface area (Å²) in [6.45, 7) is 9.48. The molecular formula is C43H50N4O8S. The van der Waals surface area contributed by atoms with Crippen LogP contribution in [-0.4, -0.2) is 77.5 Å². The number of sulfonamides is 1. The van der Waals surface area contributed by atoms with Crippen molar-refractivity contribution >= 4 is 44.0 Å². The van der Waals surface area contributed by atoms with E-state index in [0.717, 1.165) is 45.0 Å². The van der Waals surface area contributed by atoms with Gasteiger partial charge in [0.2, 0.25) is 10.0 Å². The number of hydrogen-bond donors (Lipinski definition) is 2. The molecule has 12 nitrogen and oxygen atoms in total. The zero-order valence-electron chi connectivity index (χ0n) is 33.2. The number of methoxy groups -OCH3 is 3. The third kappa shape index (κ3) is 10.7. The molecule has 0 saturated carbocycles. The number of aryl methyl sites for hydroxylation is 1. The molecule has 1 heterocycles. The highest BCUT2D eigenvalue weighted by atomic mass is 32.2. The van der Waals surface area contributed by atoms with Gasteiger partial charge in [-0.1, -0.05) is 39.0 Å². The molecule has 0 spiro atoms. The van der Waals surface area contributed by atoms with Crippen LogP contribution in [0.3, 0.4) is 0 Å². The van der Waals surface area contributed by atoms with Crippen LogP contribution in [-0.2, 0) is 31.3 Å². The van der Waals surface area contributed by atoms with Gasteiger partial charge >= 0.3 is 0 Å². The van der Waals surface area contributed by atoms with Crippen LogP contribution in [0.25, 0.3) is 22.0 Å². The summed E-state index contributed by atoms with van der Waals surface area (Å²) in [6.07, 6.45) is 4.26. The smallest absolute Gasteiger partial charge is 0.255 e. The number of benzene rings is 4. The zero-order chi connectivity index (χ0) is 40.6. The molecule has 0 bridgehead atoms. The van der Waals surface area contributed by atoms with Gasteiger partial charge in [-0.05, 0) is 95.1 Å². The van der Waals surface area contributed by atoms with Crippen molar-refractivity contribution in [1.82, 2.24) is 9.97 Å². The lowest BCUT2D eigenvalue weighted by atomic mass is 9.86. The molecular weight excluding hydrogens is 733 g/mol. The molecule has 5 aromatic rings. The average Bonchev–Trinajstić information content (AvgIpc) is 3.15. The Morgan fingerprint density at radius 3 is 2.32 bits per heavy atom. The van der Waals surface area contributed by atoms with Crippen molar-refractivity contribution in [1.29, 1.82) is 0 Å². The Balaban J connectivity index is 1.34. The van der Waals surface area contributed by atoms with E-state index in [0.29, 0.717) is 67.5 Å². The fourth-order valence-corrected chi connectivity index (χ4v) is 6.77. The molecule has 4 aromatic carbocycles. The molecule has 0 saturated heterocycles. The number of nitrogens with one attached hydrogen (secondary N) is 2. The van der Waals surface area contributed by atoms with Gasteiger partial charge in [0, 0.05) is 43.7 Å². The quantitative estimate of drug-likeness (QED) is 0.0707. The Bertz CT molecular complexity index is 2340. The lowest BCUT2D eigenvalue weighted by molar-refractivity contribution is 0.0669. The molecule has 1 aromatic heterocycles. The van der Waals surface area contributed by atoms with E-state index in [1.165, 1.54) is 7.11 Å². The molecule has 0 aliphatic rings. The monoisotopic (exact) mass is 782 g/mol. The van der Waals surface area contributed by atoms with Gasteiger partial charge in [-0.2, -0.15) is 0 Å². The van der Waals surface area contributed by atoms with Crippen LogP contribution in [0, 0.1) is 6.92 Å². The summed E-state index contributed by atoms with van der Waals surface area (Å²) >= 11 is 0. The summed E-state index contributed by atoms with van der Waals surface area (Å²) in [7, 11) is 0.972. The van der Waals surface area contributed by atoms with Gasteiger partial charge in [0.05, 0.1) is 56.1 Å². The fraction of sp³-hybridized carbons (Fsp3) is 0.349. The molecule has 0 radical (unpaired) electrons. The molecule has 0 unspecified atom stereocenters. The molecule has 56 heavy (non-hydrogen) atoms. The average molecular weight is 783 g/mol. The number of Topliss-reactive ketones (excluding diaryl/α,β-unsaturated/α-hetero) is 1. The van der Waals surface area contributed by atoms with E-state index in [-0.39, 0.29) is 28.5 Å². The first-order valence-corrected chi connectivity index (χ1v) is 20.1. The maximum atomic E-state index is 13.8. The predicted octanol–water partition coefficient (Wildman–Crippen LogP) is 7.76. The third-order valence-corrected chi connectivity index (χ3v) is 9.79. The number of carbonyl (C=O) groups excluding carboxylic acids is 2. The number of fused-ring (bicyclic) bond motifs is 1. The van der Waals surface area contributed by atoms with Crippen LogP contribution >= 0.6 is 0 Å². The van der Waals surface area contributed by atoms with Gasteiger partial charge in [-0.15, -0.1) is 0 Å². The van der Waals surface area contributed by atoms with Crippen LogP contribution in [0.15, 0.2) is 72.9 Å². The molecule has 0 aliphatic heterocycles. The number of rotatable bonds is 17. The molecule has 296 valence electrons. The minimum Gasteiger partial charge on any atom is -0.496 e. The Hall–Kier alpha value is -5.37. The van der Waals surface area contributed by atoms with Crippen molar-refractivity contribution in [2.75, 3.05) is 57.4 Å². The van der Waals surface area contributed by atoms with Gasteiger partial charge in [-0.25, -0.2) is 18.4 Å². The Labute approximate surface area is 329 Å². The topological polar surface area (TPSA) is 155 Å². The number of ketones is 1. The maximum Gasteiger partial charge on any atom is 0.255 e. The molecule has 0 aliphatic carbocycles. The second-order valence-electron chi connectivity index (χ2n) is 14.6. The minimum absolute atomic E-state index is 0.00732. The highest BCUT2D eigenvalue weighted by molar-refractivity contribution is 7.92. The second kappa shape index (κ2) is 18.1. The Morgan fingerprint density at radius 1 is 0.857 bits per heavy atom. The Kier molecular flexibility index (Phi) is 13.5. The number of hydrogen-bond acceptors (Lipinski definition) is 10. The van der Waals surface area contributed by atoms with Gasteiger partial charge in [-0.3, -0.25) is 14.3 Å². The van der Waals surface area contributed by atoms with E-state index >= 15 is 0 Å². The highest BCUT2D eigenvalue weighted by Gasteiger charge is 2.23. The van der Waals surface area contributed by atoms with Crippen molar-refractivity contribution < 1.29 is 37.0 Å². The summed E-state index contributed by atoms with van der Waals surface area (Å²) < 4.78 is 48.5. The summed E-state index contributed by atoms with van der Waals surface area (Å²) in [6, 6.07) is 20.4. The largest absolute Gasteiger partial charge is 0.496 e. The van der Waals surface area contributed by atoms with Gasteiger partial charge in [0.1, 0.15) is 11.6 Å². The number of nitrogens with zero attached hydrogens (tertiary/aromatic N) is 2. The first-order chi connectivity index (χ1) is 26.6. The third-order valence-electron chi connectivity index (χ3n) is 9.20. The fourth-order valence-electron chi connectivity index (χ4n) is 6.22. The zero-order valence-corrected chi connectivity index (χ0v) is 34.1. The van der Waals surface area contributed by atoms with Gasteiger partial charge in [0.25, 0.3) is 5.91 Å². The van der Waals surface area contributed by atoms with E-state index in [1.54, 1.807) is 44.7 Å². The first-order valence-electron chi connectivity index (χ1n) is 18.3. The summed E-state index contributed by atoms with van der Waals surface area (Å²) in [5, 5.41) is 3.78. The predicted molar refractivity (Wildman–Crippen MR) is 220 cm³/mol. The maximum absolute atomic E-state index is 13.8. The lowest BCUT2D eigenvalue weighted by Gasteiger charge is -2.24. The standard InChI is InChI=1S/C43H50N4O8S/c1-27-11-13-30(42(49)46-36-24-32(43(2,3)4)25-37(41(36)54-7)47-56(8,50)51)23-34(27)29-14-16-35-31(22-29)26-44-40(45-35)21-28-12-15-33(39(20-28)53-6)38(48)10-9-17-55-19-18-52-5/h11-16,20,22-26,47H,9-10,17-19,21H2,1-8H3,(H,46,49). The van der Waals surface area contributed by atoms with Crippen LogP contribution < -0.4 is 19.5 Å². The summed E-state index contributed by atoms with van der Waals surface area (Å²) in [5.74, 6) is 0.945. The van der Waals surface area contributed by atoms with E-state index in [9.17, 15) is 18.0 Å². The van der Waals surface area contributed by atoms with Gasteiger partial charge in [0.15, 0.2) is 11.5 Å². The number of aromatic nitrogens is 2. The molecule has 5 rings (SSSR count). The molecule has 0 atom stereocenters. The molecule has 13 heteroatoms. The SMILES string of the molecule is COCCOCCCC(=O)c1ccc(Cc2ncc3cc(-c4cc(C(=O)Nc5cc(C(C)(C)C)cc(NS(C)(=O)=O)c5OC)ccc4C)ccc3n2)cc1OC. The highest BCUT2D eigenvalue weighted by Crippen LogP contribution is 2.39.